The molecule has 0 saturated heterocycles. The van der Waals surface area contributed by atoms with Crippen LogP contribution >= 0.6 is 11.6 Å². The monoisotopic (exact) mass is 1140 g/mol. The summed E-state index contributed by atoms with van der Waals surface area (Å²) in [4.78, 5) is 32.6. The lowest BCUT2D eigenvalue weighted by molar-refractivity contribution is -0.144. The number of alkyl halides is 8. The van der Waals surface area contributed by atoms with Crippen LogP contribution in [0.3, 0.4) is 0 Å². The Kier molecular flexibility index (Phi) is 14.2. The van der Waals surface area contributed by atoms with E-state index in [1.54, 1.807) is 0 Å². The molecule has 2 fully saturated rings. The first-order valence-electron chi connectivity index (χ1n) is 22.7. The van der Waals surface area contributed by atoms with Crippen LogP contribution in [0.5, 0.6) is 0 Å². The fraction of sp³-hybridized carbons (Fsp3) is 0.435. The van der Waals surface area contributed by atoms with Gasteiger partial charge in [0.2, 0.25) is 15.9 Å². The van der Waals surface area contributed by atoms with Crippen LogP contribution in [0.4, 0.5) is 54.5 Å². The lowest BCUT2D eigenvalue weighted by Crippen LogP contribution is -2.51. The molecule has 30 heteroatoms. The lowest BCUT2D eigenvalue weighted by Gasteiger charge is -2.35. The Hall–Kier alpha value is -6.67. The molecule has 3 atom stereocenters. The second-order valence-electron chi connectivity index (χ2n) is 19.1. The van der Waals surface area contributed by atoms with E-state index in [-0.39, 0.29) is 61.7 Å². The molecule has 0 spiro atoms. The van der Waals surface area contributed by atoms with Crippen molar-refractivity contribution >= 4 is 66.1 Å². The molecule has 2 amide bonds. The van der Waals surface area contributed by atoms with E-state index in [1.165, 1.54) is 13.8 Å². The third-order valence-corrected chi connectivity index (χ3v) is 16.5. The number of halogens is 11. The quantitative estimate of drug-likeness (QED) is 0.0386. The minimum Gasteiger partial charge on any atom is -0.445 e. The van der Waals surface area contributed by atoms with Crippen molar-refractivity contribution in [2.45, 2.75) is 106 Å². The van der Waals surface area contributed by atoms with Crippen molar-refractivity contribution in [3.63, 3.8) is 0 Å². The highest BCUT2D eigenvalue weighted by molar-refractivity contribution is 7.93. The van der Waals surface area contributed by atoms with Gasteiger partial charge in [0.05, 0.1) is 33.9 Å². The van der Waals surface area contributed by atoms with Gasteiger partial charge in [0, 0.05) is 53.8 Å². The zero-order valence-electron chi connectivity index (χ0n) is 40.0. The Balaban J connectivity index is 1.33. The first-order chi connectivity index (χ1) is 35.0. The third-order valence-electron chi connectivity index (χ3n) is 13.2. The SMILES string of the molecule is CC(C)(C#Cc1ccc(-c2ccc(Cl)c3c(N(C(=O)O[C@H]4C[C@H](NC(=N)N)C4)S(C)(=O)=O)nn(CC(F)(F)F)c23)c([C@H](Cc2cc(F)cc(F)c2)NC(=O)Cn2nc(C(F)(F)F)c3c2C(F)(F)[C@@H]2CC[C@H]32)n1)S(C)(=O)=O. The van der Waals surface area contributed by atoms with Gasteiger partial charge in [-0.25, -0.2) is 35.4 Å². The van der Waals surface area contributed by atoms with Crippen molar-refractivity contribution in [3.05, 3.63) is 93.0 Å². The molecule has 17 nitrogen and oxygen atoms in total. The number of anilines is 1. The summed E-state index contributed by atoms with van der Waals surface area (Å²) in [7, 11) is -8.80. The van der Waals surface area contributed by atoms with Crippen LogP contribution in [-0.4, -0.2) is 94.9 Å². The lowest BCUT2D eigenvalue weighted by atomic mass is 9.73. The number of carbonyl (C=O) groups is 2. The average molecular weight is 1140 g/mol. The number of carbonyl (C=O) groups excluding carboxylic acids is 2. The predicted octanol–water partition coefficient (Wildman–Crippen LogP) is 7.60. The Morgan fingerprint density at radius 2 is 1.62 bits per heavy atom. The molecule has 3 aromatic heterocycles. The first-order valence-corrected chi connectivity index (χ1v) is 26.8. The highest BCUT2D eigenvalue weighted by Crippen LogP contribution is 2.64. The van der Waals surface area contributed by atoms with Crippen molar-refractivity contribution in [1.29, 1.82) is 5.41 Å². The Morgan fingerprint density at radius 3 is 2.18 bits per heavy atom. The molecule has 0 unspecified atom stereocenters. The standard InChI is InChI=1S/C46H43ClF10N10O7S2/c1-43(2,75(3,70)71)12-11-24-5-6-27(28-8-10-31(47)35-37(28)66(20-44(50,51)52)64-40(35)67(76(4,72)73)42(69)74-26-17-25(18-26)61-41(58)59)36(60-24)32(15-21-13-22(48)16-23(49)14-21)62-33(68)19-65-39-34(38(63-65)46(55,56)57)29-7-9-30(29)45(39,53)54/h5-6,8,10,13-14,16,25-26,29-30,32H,7,9,15,17-20H2,1-4H3,(H,62,68)(H4,58,59,61)/t25-,26-,29-,30+,32-/m0/s1. The normalized spacial score (nSPS) is 19.6. The van der Waals surface area contributed by atoms with Gasteiger partial charge < -0.3 is 21.1 Å². The molecule has 3 heterocycles. The zero-order chi connectivity index (χ0) is 56.0. The fourth-order valence-electron chi connectivity index (χ4n) is 9.33. The summed E-state index contributed by atoms with van der Waals surface area (Å²) in [6.07, 6.45) is -12.4. The minimum absolute atomic E-state index is 0.0187. The van der Waals surface area contributed by atoms with Gasteiger partial charge in [-0.1, -0.05) is 23.6 Å². The molecule has 2 saturated carbocycles. The van der Waals surface area contributed by atoms with E-state index in [4.69, 9.17) is 27.5 Å². The van der Waals surface area contributed by atoms with Crippen LogP contribution < -0.4 is 20.7 Å². The van der Waals surface area contributed by atoms with Crippen molar-refractivity contribution in [3.8, 4) is 23.0 Å². The molecule has 3 aliphatic carbocycles. The summed E-state index contributed by atoms with van der Waals surface area (Å²) >= 11 is 6.67. The van der Waals surface area contributed by atoms with Gasteiger partial charge in [-0.3, -0.25) is 19.6 Å². The second-order valence-corrected chi connectivity index (χ2v) is 23.9. The van der Waals surface area contributed by atoms with E-state index in [1.807, 2.05) is 0 Å². The van der Waals surface area contributed by atoms with Crippen LogP contribution in [-0.2, 0) is 61.0 Å². The molecular weight excluding hydrogens is 1090 g/mol. The summed E-state index contributed by atoms with van der Waals surface area (Å²) in [5, 5.41) is 18.7. The number of nitrogens with two attached hydrogens (primary N) is 1. The highest BCUT2D eigenvalue weighted by atomic mass is 35.5. The zero-order valence-corrected chi connectivity index (χ0v) is 42.4. The molecule has 0 radical (unpaired) electrons. The molecule has 5 aromatic rings. The summed E-state index contributed by atoms with van der Waals surface area (Å²) < 4.78 is 205. The first kappa shape index (κ1) is 55.6. The van der Waals surface area contributed by atoms with Crippen molar-refractivity contribution in [2.24, 2.45) is 11.7 Å². The van der Waals surface area contributed by atoms with Crippen LogP contribution in [0.2, 0.25) is 5.02 Å². The average Bonchev–Trinajstić information content (AvgIpc) is 3.83. The van der Waals surface area contributed by atoms with E-state index in [0.29, 0.717) is 12.3 Å². The number of hydrogen-bond donors (Lipinski definition) is 4. The van der Waals surface area contributed by atoms with Crippen LogP contribution in [0.1, 0.15) is 85.4 Å². The van der Waals surface area contributed by atoms with E-state index >= 15 is 8.78 Å². The number of rotatable bonds is 13. The fourth-order valence-corrected chi connectivity index (χ4v) is 10.6. The summed E-state index contributed by atoms with van der Waals surface area (Å²) in [6.45, 7) is -0.838. The smallest absolute Gasteiger partial charge is 0.435 e. The molecule has 408 valence electrons. The van der Waals surface area contributed by atoms with E-state index in [2.05, 4.69) is 37.7 Å². The molecule has 0 bridgehead atoms. The van der Waals surface area contributed by atoms with Gasteiger partial charge in [0.15, 0.2) is 27.3 Å². The highest BCUT2D eigenvalue weighted by Gasteiger charge is 2.63. The van der Waals surface area contributed by atoms with Crippen molar-refractivity contribution < 1.29 is 75.1 Å². The predicted molar refractivity (Wildman–Crippen MR) is 253 cm³/mol. The van der Waals surface area contributed by atoms with Crippen LogP contribution in [0.15, 0.2) is 42.5 Å². The number of aromatic nitrogens is 5. The van der Waals surface area contributed by atoms with Gasteiger partial charge in [0.25, 0.3) is 5.92 Å². The van der Waals surface area contributed by atoms with Gasteiger partial charge in [-0.2, -0.15) is 49.6 Å². The van der Waals surface area contributed by atoms with Gasteiger partial charge in [-0.15, -0.1) is 0 Å². The Labute approximate surface area is 430 Å². The second kappa shape index (κ2) is 19.4. The third kappa shape index (κ3) is 11.0. The summed E-state index contributed by atoms with van der Waals surface area (Å²) in [5.74, 6) is -6.55. The topological polar surface area (TPSA) is 237 Å². The number of amides is 2. The molecule has 76 heavy (non-hydrogen) atoms. The number of sulfonamides is 1. The van der Waals surface area contributed by atoms with Gasteiger partial charge in [-0.05, 0) is 80.8 Å². The number of sulfone groups is 1. The van der Waals surface area contributed by atoms with Crippen LogP contribution in [0, 0.1) is 34.8 Å². The minimum atomic E-state index is -5.24. The van der Waals surface area contributed by atoms with Gasteiger partial charge >= 0.3 is 18.4 Å². The molecule has 2 aromatic carbocycles. The van der Waals surface area contributed by atoms with E-state index < -0.39 is 166 Å². The Bertz CT molecular complexity index is 3500. The number of pyridine rings is 1. The molecule has 0 aliphatic heterocycles. The largest absolute Gasteiger partial charge is 0.445 e. The summed E-state index contributed by atoms with van der Waals surface area (Å²) in [6, 6.07) is 4.28. The van der Waals surface area contributed by atoms with Crippen molar-refractivity contribution in [2.75, 3.05) is 16.8 Å². The maximum absolute atomic E-state index is 15.9. The number of benzene rings is 2. The van der Waals surface area contributed by atoms with E-state index in [9.17, 15) is 61.5 Å². The Morgan fingerprint density at radius 1 is 0.974 bits per heavy atom. The summed E-state index contributed by atoms with van der Waals surface area (Å²) in [5.41, 5.74) is -0.593. The number of hydrogen-bond acceptors (Lipinski definition) is 11. The number of ether oxygens (including phenoxy) is 1. The van der Waals surface area contributed by atoms with E-state index in [0.717, 1.165) is 42.7 Å². The maximum atomic E-state index is 15.9. The van der Waals surface area contributed by atoms with Crippen molar-refractivity contribution in [1.82, 2.24) is 35.2 Å². The number of nitrogens with zero attached hydrogens (tertiary/aromatic N) is 6. The maximum Gasteiger partial charge on any atom is 0.435 e. The number of nitrogens with one attached hydrogen (secondary N) is 3. The van der Waals surface area contributed by atoms with Crippen LogP contribution in [0.25, 0.3) is 22.0 Å². The number of guanidine groups is 1. The molecule has 3 aliphatic rings. The number of fused-ring (bicyclic) bond motifs is 4. The molecular formula is C46H43ClF10N10O7S2. The van der Waals surface area contributed by atoms with Gasteiger partial charge in [0.1, 0.15) is 47.0 Å². The molecule has 8 rings (SSSR count). The molecule has 5 N–H and O–H groups in total.